The molecule has 0 amide bonds. The van der Waals surface area contributed by atoms with Crippen LogP contribution in [0.3, 0.4) is 0 Å². The van der Waals surface area contributed by atoms with Gasteiger partial charge in [-0.2, -0.15) is 0 Å². The Bertz CT molecular complexity index is 245. The van der Waals surface area contributed by atoms with Gasteiger partial charge in [-0.25, -0.2) is 0 Å². The molecule has 1 saturated carbocycles. The van der Waals surface area contributed by atoms with Crippen LogP contribution in [0.25, 0.3) is 0 Å². The Morgan fingerprint density at radius 2 is 1.88 bits per heavy atom. The van der Waals surface area contributed by atoms with E-state index in [1.807, 2.05) is 0 Å². The minimum atomic E-state index is -0.247. The van der Waals surface area contributed by atoms with Crippen molar-refractivity contribution in [1.82, 2.24) is 0 Å². The molecule has 0 aromatic carbocycles. The predicted molar refractivity (Wildman–Crippen MR) is 70.0 cm³/mol. The third-order valence-corrected chi connectivity index (χ3v) is 3.72. The van der Waals surface area contributed by atoms with Crippen LogP contribution in [-0.2, 0) is 9.59 Å². The third kappa shape index (κ3) is 5.47. The molecule has 0 heterocycles. The molecule has 1 rings (SSSR count). The smallest absolute Gasteiger partial charge is 0.143 e. The maximum atomic E-state index is 12.0. The van der Waals surface area contributed by atoms with Crippen molar-refractivity contribution in [3.63, 3.8) is 0 Å². The first-order chi connectivity index (χ1) is 8.25. The van der Waals surface area contributed by atoms with Crippen molar-refractivity contribution in [2.45, 2.75) is 77.6 Å². The zero-order valence-electron chi connectivity index (χ0n) is 11.2. The lowest BCUT2D eigenvalue weighted by Gasteiger charge is -2.11. The van der Waals surface area contributed by atoms with Crippen LogP contribution in [-0.4, -0.2) is 11.6 Å². The van der Waals surface area contributed by atoms with Gasteiger partial charge in [0.25, 0.3) is 0 Å². The lowest BCUT2D eigenvalue weighted by molar-refractivity contribution is -0.132. The van der Waals surface area contributed by atoms with Crippen LogP contribution < -0.4 is 0 Å². The summed E-state index contributed by atoms with van der Waals surface area (Å²) < 4.78 is 0. The van der Waals surface area contributed by atoms with Gasteiger partial charge in [0.05, 0.1) is 5.92 Å². The summed E-state index contributed by atoms with van der Waals surface area (Å²) in [6.07, 6.45) is 11.1. The van der Waals surface area contributed by atoms with Gasteiger partial charge in [0.2, 0.25) is 0 Å². The normalized spacial score (nSPS) is 21.2. The van der Waals surface area contributed by atoms with Crippen molar-refractivity contribution < 1.29 is 9.59 Å². The van der Waals surface area contributed by atoms with E-state index >= 15 is 0 Å². The first kappa shape index (κ1) is 14.4. The minimum Gasteiger partial charge on any atom is -0.299 e. The Morgan fingerprint density at radius 3 is 2.65 bits per heavy atom. The molecule has 98 valence electrons. The zero-order chi connectivity index (χ0) is 12.5. The molecule has 1 aliphatic carbocycles. The molecule has 0 aromatic heterocycles. The first-order valence-electron chi connectivity index (χ1n) is 7.31. The number of rotatable bonds is 7. The van der Waals surface area contributed by atoms with Crippen LogP contribution in [0, 0.1) is 5.92 Å². The maximum Gasteiger partial charge on any atom is 0.143 e. The summed E-state index contributed by atoms with van der Waals surface area (Å²) in [5.74, 6) is 0.179. The van der Waals surface area contributed by atoms with Crippen molar-refractivity contribution in [1.29, 1.82) is 0 Å². The number of carbonyl (C=O) groups is 2. The summed E-state index contributed by atoms with van der Waals surface area (Å²) in [5.41, 5.74) is 0. The van der Waals surface area contributed by atoms with E-state index in [9.17, 15) is 9.59 Å². The second-order valence-electron chi connectivity index (χ2n) is 5.25. The number of hydrogen-bond acceptors (Lipinski definition) is 2. The van der Waals surface area contributed by atoms with E-state index in [2.05, 4.69) is 6.92 Å². The highest BCUT2D eigenvalue weighted by atomic mass is 16.1. The highest BCUT2D eigenvalue weighted by Gasteiger charge is 2.26. The second-order valence-corrected chi connectivity index (χ2v) is 5.25. The van der Waals surface area contributed by atoms with Gasteiger partial charge in [0.15, 0.2) is 0 Å². The van der Waals surface area contributed by atoms with E-state index in [4.69, 9.17) is 0 Å². The summed E-state index contributed by atoms with van der Waals surface area (Å²) in [4.78, 5) is 23.7. The van der Waals surface area contributed by atoms with E-state index in [1.165, 1.54) is 19.3 Å². The summed E-state index contributed by atoms with van der Waals surface area (Å²) in [5, 5.41) is 0. The van der Waals surface area contributed by atoms with Crippen LogP contribution >= 0.6 is 0 Å². The molecular formula is C15H26O2. The van der Waals surface area contributed by atoms with Gasteiger partial charge in [0.1, 0.15) is 11.6 Å². The standard InChI is InChI=1S/C15H26O2/c1-2-3-4-5-8-11-14(16)13-10-7-6-9-12-15(13)17/h13H,2-12H2,1H3. The fraction of sp³-hybridized carbons (Fsp3) is 0.867. The molecule has 1 fully saturated rings. The molecule has 0 radical (unpaired) electrons. The molecule has 0 spiro atoms. The van der Waals surface area contributed by atoms with E-state index < -0.39 is 0 Å². The average Bonchev–Trinajstić information content (AvgIpc) is 2.53. The maximum absolute atomic E-state index is 12.0. The summed E-state index contributed by atoms with van der Waals surface area (Å²) in [6.45, 7) is 2.19. The summed E-state index contributed by atoms with van der Waals surface area (Å²) in [6, 6.07) is 0. The van der Waals surface area contributed by atoms with Crippen molar-refractivity contribution in [2.24, 2.45) is 5.92 Å². The van der Waals surface area contributed by atoms with E-state index in [0.717, 1.165) is 38.5 Å². The largest absolute Gasteiger partial charge is 0.299 e. The number of carbonyl (C=O) groups excluding carboxylic acids is 2. The molecule has 0 N–H and O–H groups in total. The van der Waals surface area contributed by atoms with Gasteiger partial charge in [-0.15, -0.1) is 0 Å². The highest BCUT2D eigenvalue weighted by molar-refractivity contribution is 6.02. The molecular weight excluding hydrogens is 212 g/mol. The van der Waals surface area contributed by atoms with Gasteiger partial charge in [-0.3, -0.25) is 9.59 Å². The number of hydrogen-bond donors (Lipinski definition) is 0. The lowest BCUT2D eigenvalue weighted by Crippen LogP contribution is -2.22. The molecule has 1 aliphatic rings. The Kier molecular flexibility index (Phi) is 7.14. The van der Waals surface area contributed by atoms with Crippen LogP contribution in [0.5, 0.6) is 0 Å². The third-order valence-electron chi connectivity index (χ3n) is 3.72. The Labute approximate surface area is 105 Å². The molecule has 0 saturated heterocycles. The fourth-order valence-electron chi connectivity index (χ4n) is 2.58. The number of ketones is 2. The summed E-state index contributed by atoms with van der Waals surface area (Å²) in [7, 11) is 0. The summed E-state index contributed by atoms with van der Waals surface area (Å²) >= 11 is 0. The average molecular weight is 238 g/mol. The van der Waals surface area contributed by atoms with Gasteiger partial charge in [0, 0.05) is 12.8 Å². The molecule has 1 unspecified atom stereocenters. The fourth-order valence-corrected chi connectivity index (χ4v) is 2.58. The number of Topliss-reactive ketones (excluding diaryl/α,β-unsaturated/α-hetero) is 2. The topological polar surface area (TPSA) is 34.1 Å². The van der Waals surface area contributed by atoms with Gasteiger partial charge < -0.3 is 0 Å². The van der Waals surface area contributed by atoms with Crippen LogP contribution in [0.15, 0.2) is 0 Å². The van der Waals surface area contributed by atoms with E-state index in [-0.39, 0.29) is 17.5 Å². The van der Waals surface area contributed by atoms with Crippen LogP contribution in [0.1, 0.15) is 77.6 Å². The number of unbranched alkanes of at least 4 members (excludes halogenated alkanes) is 4. The molecule has 0 bridgehead atoms. The molecule has 2 nitrogen and oxygen atoms in total. The lowest BCUT2D eigenvalue weighted by atomic mass is 9.91. The van der Waals surface area contributed by atoms with Crippen molar-refractivity contribution in [3.8, 4) is 0 Å². The molecule has 0 aliphatic heterocycles. The molecule has 1 atom stereocenters. The van der Waals surface area contributed by atoms with Gasteiger partial charge in [-0.05, 0) is 19.3 Å². The van der Waals surface area contributed by atoms with Crippen molar-refractivity contribution in [2.75, 3.05) is 0 Å². The van der Waals surface area contributed by atoms with Crippen molar-refractivity contribution in [3.05, 3.63) is 0 Å². The van der Waals surface area contributed by atoms with Gasteiger partial charge >= 0.3 is 0 Å². The highest BCUT2D eigenvalue weighted by Crippen LogP contribution is 2.22. The van der Waals surface area contributed by atoms with Crippen LogP contribution in [0.2, 0.25) is 0 Å². The predicted octanol–water partition coefficient (Wildman–Crippen LogP) is 4.07. The van der Waals surface area contributed by atoms with Crippen molar-refractivity contribution >= 4 is 11.6 Å². The first-order valence-corrected chi connectivity index (χ1v) is 7.31. The Morgan fingerprint density at radius 1 is 1.12 bits per heavy atom. The SMILES string of the molecule is CCCCCCCC(=O)C1CCCCCC1=O. The second kappa shape index (κ2) is 8.43. The monoisotopic (exact) mass is 238 g/mol. The quantitative estimate of drug-likeness (QED) is 0.381. The van der Waals surface area contributed by atoms with Gasteiger partial charge in [-0.1, -0.05) is 45.4 Å². The molecule has 0 aromatic rings. The van der Waals surface area contributed by atoms with E-state index in [0.29, 0.717) is 12.8 Å². The molecule has 17 heavy (non-hydrogen) atoms. The zero-order valence-corrected chi connectivity index (χ0v) is 11.2. The minimum absolute atomic E-state index is 0.209. The van der Waals surface area contributed by atoms with Crippen LogP contribution in [0.4, 0.5) is 0 Å². The molecule has 2 heteroatoms. The Balaban J connectivity index is 2.23. The van der Waals surface area contributed by atoms with E-state index in [1.54, 1.807) is 0 Å². The Hall–Kier alpha value is -0.660.